The summed E-state index contributed by atoms with van der Waals surface area (Å²) in [4.78, 5) is 59.8. The number of hydrogen-bond donors (Lipinski definition) is 2. The quantitative estimate of drug-likeness (QED) is 0.0870. The molecule has 8 atom stereocenters. The molecule has 3 amide bonds. The zero-order chi connectivity index (χ0) is 37.3. The van der Waals surface area contributed by atoms with E-state index in [4.69, 9.17) is 14.2 Å². The van der Waals surface area contributed by atoms with Crippen molar-refractivity contribution in [3.63, 3.8) is 0 Å². The highest BCUT2D eigenvalue weighted by atomic mass is 79.9. The second kappa shape index (κ2) is 18.3. The summed E-state index contributed by atoms with van der Waals surface area (Å²) in [6.45, 7) is 8.49. The molecule has 0 radical (unpaired) electrons. The third-order valence-electron chi connectivity index (χ3n) is 10.2. The summed E-state index contributed by atoms with van der Waals surface area (Å²) in [6.07, 6.45) is 4.48. The van der Waals surface area contributed by atoms with Crippen molar-refractivity contribution in [2.24, 2.45) is 11.8 Å². The number of esters is 1. The Kier molecular flexibility index (Phi) is 13.8. The molecule has 2 N–H and O–H groups in total. The van der Waals surface area contributed by atoms with Crippen LogP contribution in [0.5, 0.6) is 0 Å². The maximum Gasteiger partial charge on any atom is 0.313 e. The van der Waals surface area contributed by atoms with E-state index in [-0.39, 0.29) is 55.3 Å². The molecule has 52 heavy (non-hydrogen) atoms. The van der Waals surface area contributed by atoms with Gasteiger partial charge in [-0.15, -0.1) is 13.2 Å². The van der Waals surface area contributed by atoms with E-state index in [1.54, 1.807) is 22.0 Å². The Balaban J connectivity index is 1.49. The molecule has 0 aliphatic carbocycles. The van der Waals surface area contributed by atoms with Gasteiger partial charge in [0, 0.05) is 44.6 Å². The number of aliphatic hydroxyl groups excluding tert-OH is 1. The van der Waals surface area contributed by atoms with Gasteiger partial charge in [-0.05, 0) is 43.2 Å². The fourth-order valence-corrected chi connectivity index (χ4v) is 8.92. The maximum atomic E-state index is 14.8. The molecule has 0 aromatic heterocycles. The van der Waals surface area contributed by atoms with Crippen molar-refractivity contribution in [2.75, 3.05) is 33.4 Å². The fourth-order valence-electron chi connectivity index (χ4n) is 7.98. The molecule has 2 aromatic rings. The maximum absolute atomic E-state index is 14.8. The molecule has 3 aliphatic heterocycles. The minimum absolute atomic E-state index is 0.0262. The van der Waals surface area contributed by atoms with E-state index in [0.717, 1.165) is 5.56 Å². The minimum atomic E-state index is -1.28. The Bertz CT molecular complexity index is 1560. The number of fused-ring (bicyclic) bond motifs is 1. The molecule has 11 nitrogen and oxygen atoms in total. The van der Waals surface area contributed by atoms with Crippen LogP contribution in [0.2, 0.25) is 0 Å². The van der Waals surface area contributed by atoms with Gasteiger partial charge in [-0.2, -0.15) is 0 Å². The zero-order valence-electron chi connectivity index (χ0n) is 29.7. The van der Waals surface area contributed by atoms with Crippen LogP contribution >= 0.6 is 15.9 Å². The second-order valence-corrected chi connectivity index (χ2v) is 14.9. The summed E-state index contributed by atoms with van der Waals surface area (Å²) in [6, 6.07) is 17.0. The van der Waals surface area contributed by atoms with Crippen LogP contribution in [0.3, 0.4) is 0 Å². The number of halogens is 1. The first-order chi connectivity index (χ1) is 25.2. The van der Waals surface area contributed by atoms with Gasteiger partial charge in [-0.25, -0.2) is 0 Å². The number of benzene rings is 2. The molecule has 2 bridgehead atoms. The number of carbonyl (C=O) groups is 4. The van der Waals surface area contributed by atoms with E-state index in [2.05, 4.69) is 34.4 Å². The average molecular weight is 781 g/mol. The topological polar surface area (TPSA) is 135 Å². The molecule has 1 spiro atoms. The smallest absolute Gasteiger partial charge is 0.313 e. The number of allylic oxidation sites excluding steroid dienone is 1. The summed E-state index contributed by atoms with van der Waals surface area (Å²) in [5.74, 6) is -3.48. The van der Waals surface area contributed by atoms with Crippen molar-refractivity contribution < 1.29 is 38.5 Å². The SMILES string of the molecule is C=CCCC(=O)N[C@@H](COC)[C@@H](OC(=O)[C@H]1[C@@H]2O[C@@]3(CC2Br)[C@@H]1C(=O)N(CCCCCO)[C@@H]3C(=O)N(CC=C)Cc1ccccc1)c1ccccc1. The molecule has 5 rings (SSSR count). The summed E-state index contributed by atoms with van der Waals surface area (Å²) in [5, 5.41) is 12.4. The number of carbonyl (C=O) groups excluding carboxylic acids is 4. The first-order valence-corrected chi connectivity index (χ1v) is 18.9. The number of alkyl halides is 1. The van der Waals surface area contributed by atoms with Gasteiger partial charge in [-0.1, -0.05) is 88.7 Å². The van der Waals surface area contributed by atoms with Gasteiger partial charge in [0.2, 0.25) is 17.7 Å². The molecule has 3 heterocycles. The van der Waals surface area contributed by atoms with Crippen LogP contribution < -0.4 is 5.32 Å². The Morgan fingerprint density at radius 2 is 1.81 bits per heavy atom. The summed E-state index contributed by atoms with van der Waals surface area (Å²) >= 11 is 3.75. The van der Waals surface area contributed by atoms with Crippen LogP contribution in [-0.2, 0) is 39.9 Å². The van der Waals surface area contributed by atoms with Gasteiger partial charge < -0.3 is 34.4 Å². The van der Waals surface area contributed by atoms with Crippen LogP contribution in [0, 0.1) is 11.8 Å². The van der Waals surface area contributed by atoms with Crippen molar-refractivity contribution in [2.45, 2.75) is 79.8 Å². The number of hydrogen-bond acceptors (Lipinski definition) is 8. The summed E-state index contributed by atoms with van der Waals surface area (Å²) in [5.41, 5.74) is 0.293. The number of rotatable bonds is 20. The van der Waals surface area contributed by atoms with Crippen molar-refractivity contribution in [3.8, 4) is 0 Å². The number of methoxy groups -OCH3 is 1. The lowest BCUT2D eigenvalue weighted by molar-refractivity contribution is -0.163. The highest BCUT2D eigenvalue weighted by molar-refractivity contribution is 9.09. The van der Waals surface area contributed by atoms with Gasteiger partial charge >= 0.3 is 5.97 Å². The highest BCUT2D eigenvalue weighted by Gasteiger charge is 2.77. The van der Waals surface area contributed by atoms with E-state index in [0.29, 0.717) is 44.2 Å². The van der Waals surface area contributed by atoms with E-state index < -0.39 is 47.7 Å². The predicted octanol–water partition coefficient (Wildman–Crippen LogP) is 4.49. The molecule has 0 saturated carbocycles. The molecule has 3 aliphatic rings. The van der Waals surface area contributed by atoms with Crippen LogP contribution in [0.1, 0.15) is 55.8 Å². The number of amides is 3. The van der Waals surface area contributed by atoms with Gasteiger partial charge in [0.05, 0.1) is 30.6 Å². The number of likely N-dealkylation sites (tertiary alicyclic amines) is 1. The van der Waals surface area contributed by atoms with Gasteiger partial charge in [-0.3, -0.25) is 19.2 Å². The zero-order valence-corrected chi connectivity index (χ0v) is 31.3. The number of aliphatic hydroxyl groups is 1. The molecular formula is C40H50BrN3O8. The summed E-state index contributed by atoms with van der Waals surface area (Å²) < 4.78 is 18.6. The lowest BCUT2D eigenvalue weighted by atomic mass is 9.70. The predicted molar refractivity (Wildman–Crippen MR) is 199 cm³/mol. The number of unbranched alkanes of at least 4 members (excludes halogenated alkanes) is 2. The van der Waals surface area contributed by atoms with Gasteiger partial charge in [0.1, 0.15) is 17.7 Å². The van der Waals surface area contributed by atoms with Crippen LogP contribution in [0.4, 0.5) is 0 Å². The number of nitrogens with one attached hydrogen (secondary N) is 1. The lowest BCUT2D eigenvalue weighted by Gasteiger charge is -2.37. The minimum Gasteiger partial charge on any atom is -0.455 e. The standard InChI is InChI=1S/C40H50BrN3O8/c1-4-6-20-31(46)42-30(26-50-3)34(28-18-12-8-13-19-28)51-39(49)32-33-37(47)44(22-14-9-15-23-45)36(40(33)24-29(41)35(32)52-40)38(48)43(21-5-2)25-27-16-10-7-11-17-27/h4-5,7-8,10-13,16-19,29-30,32-36,45H,1-2,6,9,14-15,20-26H2,3H3,(H,42,46)/t29?,30-,32+,33-,34-,35+,36+,40-/m0/s1. The largest absolute Gasteiger partial charge is 0.455 e. The normalized spacial score (nSPS) is 25.6. The molecule has 3 saturated heterocycles. The van der Waals surface area contributed by atoms with Crippen LogP contribution in [0.25, 0.3) is 0 Å². The van der Waals surface area contributed by atoms with Crippen molar-refractivity contribution in [3.05, 3.63) is 97.1 Å². The molecule has 1 unspecified atom stereocenters. The fraction of sp³-hybridized carbons (Fsp3) is 0.500. The Hall–Kier alpha value is -3.84. The third kappa shape index (κ3) is 8.35. The van der Waals surface area contributed by atoms with E-state index >= 15 is 0 Å². The lowest BCUT2D eigenvalue weighted by Crippen LogP contribution is -2.56. The van der Waals surface area contributed by atoms with Crippen LogP contribution in [0.15, 0.2) is 86.0 Å². The number of nitrogens with zero attached hydrogens (tertiary/aromatic N) is 2. The first-order valence-electron chi connectivity index (χ1n) is 18.0. The van der Waals surface area contributed by atoms with Crippen molar-refractivity contribution >= 4 is 39.6 Å². The molecule has 280 valence electrons. The van der Waals surface area contributed by atoms with Crippen molar-refractivity contribution in [1.82, 2.24) is 15.1 Å². The molecule has 12 heteroatoms. The third-order valence-corrected chi connectivity index (χ3v) is 11.1. The van der Waals surface area contributed by atoms with E-state index in [1.807, 2.05) is 60.7 Å². The molecular weight excluding hydrogens is 730 g/mol. The Labute approximate surface area is 314 Å². The Morgan fingerprint density at radius 1 is 1.10 bits per heavy atom. The first kappa shape index (κ1) is 39.4. The average Bonchev–Trinajstić information content (AvgIpc) is 3.74. The van der Waals surface area contributed by atoms with Crippen LogP contribution in [-0.4, -0.2) is 101 Å². The van der Waals surface area contributed by atoms with E-state index in [9.17, 15) is 24.3 Å². The molecule has 2 aromatic carbocycles. The Morgan fingerprint density at radius 3 is 2.46 bits per heavy atom. The highest BCUT2D eigenvalue weighted by Crippen LogP contribution is 2.60. The van der Waals surface area contributed by atoms with E-state index in [1.165, 1.54) is 7.11 Å². The monoisotopic (exact) mass is 779 g/mol. The molecule has 3 fully saturated rings. The van der Waals surface area contributed by atoms with Crippen molar-refractivity contribution in [1.29, 1.82) is 0 Å². The summed E-state index contributed by atoms with van der Waals surface area (Å²) in [7, 11) is 1.51. The number of ether oxygens (including phenoxy) is 3. The van der Waals surface area contributed by atoms with Gasteiger partial charge in [0.15, 0.2) is 0 Å². The van der Waals surface area contributed by atoms with Gasteiger partial charge in [0.25, 0.3) is 0 Å². The second-order valence-electron chi connectivity index (χ2n) is 13.7.